The second-order valence-electron chi connectivity index (χ2n) is 5.28. The molecule has 1 saturated heterocycles. The third-order valence-electron chi connectivity index (χ3n) is 3.61. The molecule has 114 valence electrons. The Morgan fingerprint density at radius 3 is 2.71 bits per heavy atom. The fourth-order valence-electron chi connectivity index (χ4n) is 2.45. The molecule has 2 amide bonds. The van der Waals surface area contributed by atoms with E-state index in [1.807, 2.05) is 25.1 Å². The molecule has 21 heavy (non-hydrogen) atoms. The highest BCUT2D eigenvalue weighted by atomic mass is 79.9. The molecular formula is C15H19BrN2O3. The third-order valence-corrected chi connectivity index (χ3v) is 4.23. The lowest BCUT2D eigenvalue weighted by molar-refractivity contribution is -0.135. The number of halogens is 1. The van der Waals surface area contributed by atoms with Crippen LogP contribution < -0.4 is 10.1 Å². The fourth-order valence-corrected chi connectivity index (χ4v) is 3.03. The number of nitrogens with zero attached hydrogens (tertiary/aromatic N) is 1. The van der Waals surface area contributed by atoms with Gasteiger partial charge < -0.3 is 15.0 Å². The van der Waals surface area contributed by atoms with Crippen LogP contribution in [0.1, 0.15) is 25.8 Å². The number of methoxy groups -OCH3 is 1. The number of amides is 2. The van der Waals surface area contributed by atoms with Gasteiger partial charge in [0.1, 0.15) is 11.8 Å². The van der Waals surface area contributed by atoms with Gasteiger partial charge in [-0.05, 0) is 47.5 Å². The Morgan fingerprint density at radius 1 is 1.38 bits per heavy atom. The number of nitrogens with one attached hydrogen (secondary N) is 1. The average Bonchev–Trinajstić information content (AvgIpc) is 2.51. The van der Waals surface area contributed by atoms with Crippen LogP contribution in [0.4, 0.5) is 0 Å². The molecular weight excluding hydrogens is 336 g/mol. The Morgan fingerprint density at radius 2 is 2.10 bits per heavy atom. The van der Waals surface area contributed by atoms with E-state index in [2.05, 4.69) is 21.2 Å². The number of hydrogen-bond acceptors (Lipinski definition) is 3. The largest absolute Gasteiger partial charge is 0.496 e. The van der Waals surface area contributed by atoms with Crippen LogP contribution in [-0.4, -0.2) is 35.9 Å². The molecule has 0 saturated carbocycles. The van der Waals surface area contributed by atoms with Gasteiger partial charge in [-0.2, -0.15) is 0 Å². The highest BCUT2D eigenvalue weighted by Gasteiger charge is 2.31. The quantitative estimate of drug-likeness (QED) is 0.903. The van der Waals surface area contributed by atoms with Crippen molar-refractivity contribution in [1.82, 2.24) is 10.2 Å². The Hall–Kier alpha value is -1.56. The van der Waals surface area contributed by atoms with Crippen molar-refractivity contribution in [1.29, 1.82) is 0 Å². The maximum Gasteiger partial charge on any atom is 0.245 e. The van der Waals surface area contributed by atoms with Crippen molar-refractivity contribution in [2.75, 3.05) is 7.11 Å². The monoisotopic (exact) mass is 354 g/mol. The number of benzene rings is 1. The van der Waals surface area contributed by atoms with Crippen LogP contribution in [0.3, 0.4) is 0 Å². The molecule has 1 fully saturated rings. The first-order valence-corrected chi connectivity index (χ1v) is 7.64. The number of rotatable bonds is 3. The zero-order valence-electron chi connectivity index (χ0n) is 12.4. The van der Waals surface area contributed by atoms with E-state index in [0.29, 0.717) is 13.0 Å². The summed E-state index contributed by atoms with van der Waals surface area (Å²) in [4.78, 5) is 25.8. The molecule has 0 bridgehead atoms. The summed E-state index contributed by atoms with van der Waals surface area (Å²) in [7, 11) is 1.61. The molecule has 2 unspecified atom stereocenters. The van der Waals surface area contributed by atoms with Gasteiger partial charge in [0.05, 0.1) is 11.6 Å². The lowest BCUT2D eigenvalue weighted by atomic mass is 10.1. The molecule has 0 radical (unpaired) electrons. The van der Waals surface area contributed by atoms with Crippen molar-refractivity contribution in [3.63, 3.8) is 0 Å². The second kappa shape index (κ2) is 6.47. The molecule has 6 heteroatoms. The molecule has 2 rings (SSSR count). The Balaban J connectivity index is 2.21. The molecule has 1 N–H and O–H groups in total. The van der Waals surface area contributed by atoms with Gasteiger partial charge in [-0.25, -0.2) is 0 Å². The van der Waals surface area contributed by atoms with Gasteiger partial charge in [-0.3, -0.25) is 9.59 Å². The first-order chi connectivity index (χ1) is 9.92. The van der Waals surface area contributed by atoms with Crippen LogP contribution in [-0.2, 0) is 16.1 Å². The molecule has 1 aliphatic rings. The average molecular weight is 355 g/mol. The summed E-state index contributed by atoms with van der Waals surface area (Å²) in [5.74, 6) is 0.612. The summed E-state index contributed by atoms with van der Waals surface area (Å²) in [5, 5.41) is 2.71. The van der Waals surface area contributed by atoms with Gasteiger partial charge in [-0.1, -0.05) is 6.07 Å². The van der Waals surface area contributed by atoms with Crippen molar-refractivity contribution in [3.05, 3.63) is 28.2 Å². The van der Waals surface area contributed by atoms with Crippen LogP contribution in [0.25, 0.3) is 0 Å². The SMILES string of the molecule is COc1ccc(CN2C(=O)C(C)NC(=O)CC2C)cc1Br. The van der Waals surface area contributed by atoms with Crippen LogP contribution in [0.15, 0.2) is 22.7 Å². The Kier molecular flexibility index (Phi) is 4.88. The van der Waals surface area contributed by atoms with Gasteiger partial charge in [0.2, 0.25) is 11.8 Å². The van der Waals surface area contributed by atoms with Crippen molar-refractivity contribution in [2.24, 2.45) is 0 Å². The third kappa shape index (κ3) is 3.56. The predicted molar refractivity (Wildman–Crippen MR) is 82.9 cm³/mol. The maximum atomic E-state index is 12.4. The van der Waals surface area contributed by atoms with E-state index in [1.54, 1.807) is 18.9 Å². The highest BCUT2D eigenvalue weighted by molar-refractivity contribution is 9.10. The lowest BCUT2D eigenvalue weighted by Gasteiger charge is -2.28. The van der Waals surface area contributed by atoms with Gasteiger partial charge in [0.25, 0.3) is 0 Å². The molecule has 1 aromatic carbocycles. The molecule has 0 spiro atoms. The van der Waals surface area contributed by atoms with E-state index in [0.717, 1.165) is 15.8 Å². The zero-order chi connectivity index (χ0) is 15.6. The first kappa shape index (κ1) is 15.8. The minimum Gasteiger partial charge on any atom is -0.496 e. The first-order valence-electron chi connectivity index (χ1n) is 6.84. The molecule has 0 aromatic heterocycles. The number of hydrogen-bond donors (Lipinski definition) is 1. The van der Waals surface area contributed by atoms with Crippen LogP contribution in [0.5, 0.6) is 5.75 Å². The Labute approximate surface area is 132 Å². The maximum absolute atomic E-state index is 12.4. The van der Waals surface area contributed by atoms with Gasteiger partial charge >= 0.3 is 0 Å². The number of carbonyl (C=O) groups excluding carboxylic acids is 2. The van der Waals surface area contributed by atoms with E-state index in [9.17, 15) is 9.59 Å². The minimum atomic E-state index is -0.482. The standard InChI is InChI=1S/C15H19BrN2O3/c1-9-6-14(19)17-10(2)15(20)18(9)8-11-4-5-13(21-3)12(16)7-11/h4-5,7,9-10H,6,8H2,1-3H3,(H,17,19). The summed E-state index contributed by atoms with van der Waals surface area (Å²) in [6, 6.07) is 5.12. The van der Waals surface area contributed by atoms with E-state index in [4.69, 9.17) is 4.74 Å². The van der Waals surface area contributed by atoms with Gasteiger partial charge in [-0.15, -0.1) is 0 Å². The highest BCUT2D eigenvalue weighted by Crippen LogP contribution is 2.26. The van der Waals surface area contributed by atoms with Crippen molar-refractivity contribution in [2.45, 2.75) is 38.9 Å². The van der Waals surface area contributed by atoms with Crippen molar-refractivity contribution >= 4 is 27.7 Å². The van der Waals surface area contributed by atoms with Crippen LogP contribution >= 0.6 is 15.9 Å². The normalized spacial score (nSPS) is 22.8. The van der Waals surface area contributed by atoms with Crippen molar-refractivity contribution < 1.29 is 14.3 Å². The molecule has 1 aromatic rings. The topological polar surface area (TPSA) is 58.6 Å². The van der Waals surface area contributed by atoms with Gasteiger partial charge in [0.15, 0.2) is 0 Å². The Bertz CT molecular complexity index is 562. The molecule has 5 nitrogen and oxygen atoms in total. The van der Waals surface area contributed by atoms with Gasteiger partial charge in [0, 0.05) is 19.0 Å². The van der Waals surface area contributed by atoms with Crippen LogP contribution in [0.2, 0.25) is 0 Å². The summed E-state index contributed by atoms with van der Waals surface area (Å²) in [6.07, 6.45) is 0.327. The fraction of sp³-hybridized carbons (Fsp3) is 0.467. The summed E-state index contributed by atoms with van der Waals surface area (Å²) in [6.45, 7) is 4.09. The van der Waals surface area contributed by atoms with E-state index in [-0.39, 0.29) is 17.9 Å². The molecule has 2 atom stereocenters. The molecule has 1 heterocycles. The zero-order valence-corrected chi connectivity index (χ0v) is 13.9. The van der Waals surface area contributed by atoms with E-state index >= 15 is 0 Å². The smallest absolute Gasteiger partial charge is 0.245 e. The van der Waals surface area contributed by atoms with Crippen LogP contribution in [0, 0.1) is 0 Å². The summed E-state index contributed by atoms with van der Waals surface area (Å²) in [5.41, 5.74) is 0.990. The number of ether oxygens (including phenoxy) is 1. The predicted octanol–water partition coefficient (Wildman–Crippen LogP) is 2.08. The van der Waals surface area contributed by atoms with E-state index in [1.165, 1.54) is 0 Å². The number of carbonyl (C=O) groups is 2. The molecule has 1 aliphatic heterocycles. The minimum absolute atomic E-state index is 0.0553. The summed E-state index contributed by atoms with van der Waals surface area (Å²) < 4.78 is 6.05. The van der Waals surface area contributed by atoms with E-state index < -0.39 is 6.04 Å². The second-order valence-corrected chi connectivity index (χ2v) is 6.13. The lowest BCUT2D eigenvalue weighted by Crippen LogP contribution is -2.44. The molecule has 0 aliphatic carbocycles. The van der Waals surface area contributed by atoms with Crippen molar-refractivity contribution in [3.8, 4) is 5.75 Å². The summed E-state index contributed by atoms with van der Waals surface area (Å²) >= 11 is 3.44.